The van der Waals surface area contributed by atoms with E-state index >= 15 is 0 Å². The summed E-state index contributed by atoms with van der Waals surface area (Å²) in [6.45, 7) is 11.2. The molecular weight excluding hydrogens is 294 g/mol. The second kappa shape index (κ2) is 7.01. The number of aryl methyl sites for hydroxylation is 2. The Hall–Kier alpha value is -1.40. The van der Waals surface area contributed by atoms with Crippen LogP contribution in [0.15, 0.2) is 4.52 Å². The highest BCUT2D eigenvalue weighted by atomic mass is 16.5. The van der Waals surface area contributed by atoms with Crippen LogP contribution in [0.3, 0.4) is 0 Å². The number of amides is 1. The van der Waals surface area contributed by atoms with E-state index in [9.17, 15) is 4.79 Å². The average Bonchev–Trinajstić information content (AvgIpc) is 3.18. The monoisotopic (exact) mass is 321 g/mol. The number of likely N-dealkylation sites (tertiary alicyclic amines) is 1. The largest absolute Gasteiger partial charge is 0.379 e. The van der Waals surface area contributed by atoms with Gasteiger partial charge >= 0.3 is 0 Å². The third-order valence-corrected chi connectivity index (χ3v) is 5.21. The van der Waals surface area contributed by atoms with Crippen molar-refractivity contribution >= 4 is 5.91 Å². The quantitative estimate of drug-likeness (QED) is 0.845. The number of rotatable bonds is 4. The number of morpholine rings is 1. The predicted molar refractivity (Wildman–Crippen MR) is 86.5 cm³/mol. The van der Waals surface area contributed by atoms with Crippen LogP contribution >= 0.6 is 0 Å². The number of hydrogen-bond acceptors (Lipinski definition) is 5. The molecule has 0 saturated carbocycles. The Kier molecular flexibility index (Phi) is 5.02. The lowest BCUT2D eigenvalue weighted by molar-refractivity contribution is 0.0103. The summed E-state index contributed by atoms with van der Waals surface area (Å²) >= 11 is 0. The van der Waals surface area contributed by atoms with Crippen molar-refractivity contribution in [3.05, 3.63) is 17.0 Å². The molecule has 0 N–H and O–H groups in total. The molecule has 0 bridgehead atoms. The standard InChI is InChI=1S/C17H27N3O3/c1-4-13-10-20(11-15(13)19-6-8-22-9-7-19)17(21)16-12(3)23-18-14(16)5-2/h13,15H,4-11H2,1-3H3/t13-,15-/m0/s1. The van der Waals surface area contributed by atoms with Gasteiger partial charge in [-0.05, 0) is 19.3 Å². The fourth-order valence-corrected chi connectivity index (χ4v) is 3.84. The summed E-state index contributed by atoms with van der Waals surface area (Å²) in [6, 6.07) is 0.443. The maximum absolute atomic E-state index is 13.0. The van der Waals surface area contributed by atoms with Crippen LogP contribution in [0.1, 0.15) is 42.1 Å². The maximum atomic E-state index is 13.0. The first-order valence-electron chi connectivity index (χ1n) is 8.71. The van der Waals surface area contributed by atoms with Gasteiger partial charge in [0, 0.05) is 32.2 Å². The van der Waals surface area contributed by atoms with E-state index in [-0.39, 0.29) is 5.91 Å². The van der Waals surface area contributed by atoms with Gasteiger partial charge in [0.25, 0.3) is 5.91 Å². The summed E-state index contributed by atoms with van der Waals surface area (Å²) in [4.78, 5) is 17.5. The first kappa shape index (κ1) is 16.5. The number of carbonyl (C=O) groups excluding carboxylic acids is 1. The molecule has 3 rings (SSSR count). The number of aromatic nitrogens is 1. The molecule has 6 heteroatoms. The second-order valence-electron chi connectivity index (χ2n) is 6.51. The highest BCUT2D eigenvalue weighted by Crippen LogP contribution is 2.28. The third-order valence-electron chi connectivity index (χ3n) is 5.21. The fourth-order valence-electron chi connectivity index (χ4n) is 3.84. The van der Waals surface area contributed by atoms with E-state index in [1.165, 1.54) is 0 Å². The summed E-state index contributed by atoms with van der Waals surface area (Å²) in [5, 5.41) is 4.03. The van der Waals surface area contributed by atoms with Gasteiger partial charge in [-0.3, -0.25) is 9.69 Å². The number of carbonyl (C=O) groups is 1. The van der Waals surface area contributed by atoms with Gasteiger partial charge in [-0.1, -0.05) is 25.4 Å². The Balaban J connectivity index is 1.76. The van der Waals surface area contributed by atoms with Crippen LogP contribution in [0.2, 0.25) is 0 Å². The first-order valence-corrected chi connectivity index (χ1v) is 8.71. The maximum Gasteiger partial charge on any atom is 0.259 e. The molecule has 0 aliphatic carbocycles. The second-order valence-corrected chi connectivity index (χ2v) is 6.51. The van der Waals surface area contributed by atoms with Crippen LogP contribution < -0.4 is 0 Å². The van der Waals surface area contributed by atoms with Gasteiger partial charge in [-0.25, -0.2) is 0 Å². The van der Waals surface area contributed by atoms with E-state index in [0.717, 1.165) is 57.9 Å². The summed E-state index contributed by atoms with van der Waals surface area (Å²) in [7, 11) is 0. The minimum Gasteiger partial charge on any atom is -0.379 e. The van der Waals surface area contributed by atoms with Crippen LogP contribution in [0.25, 0.3) is 0 Å². The van der Waals surface area contributed by atoms with Gasteiger partial charge in [-0.2, -0.15) is 0 Å². The molecule has 2 fully saturated rings. The molecule has 3 heterocycles. The third kappa shape index (κ3) is 3.15. The zero-order valence-corrected chi connectivity index (χ0v) is 14.4. The molecule has 23 heavy (non-hydrogen) atoms. The molecule has 1 aromatic heterocycles. The molecule has 0 unspecified atom stereocenters. The molecule has 2 aliphatic rings. The Morgan fingerprint density at radius 1 is 1.26 bits per heavy atom. The zero-order valence-electron chi connectivity index (χ0n) is 14.4. The highest BCUT2D eigenvalue weighted by Gasteiger charge is 2.39. The smallest absolute Gasteiger partial charge is 0.259 e. The van der Waals surface area contributed by atoms with Gasteiger partial charge in [0.1, 0.15) is 11.3 Å². The van der Waals surface area contributed by atoms with Crippen molar-refractivity contribution < 1.29 is 14.1 Å². The molecular formula is C17H27N3O3. The van der Waals surface area contributed by atoms with Crippen LogP contribution in [0.5, 0.6) is 0 Å². The highest BCUT2D eigenvalue weighted by molar-refractivity contribution is 5.96. The lowest BCUT2D eigenvalue weighted by Crippen LogP contribution is -2.47. The number of ether oxygens (including phenoxy) is 1. The lowest BCUT2D eigenvalue weighted by Gasteiger charge is -2.34. The van der Waals surface area contributed by atoms with E-state index in [4.69, 9.17) is 9.26 Å². The van der Waals surface area contributed by atoms with Crippen molar-refractivity contribution in [3.63, 3.8) is 0 Å². The molecule has 2 atom stereocenters. The summed E-state index contributed by atoms with van der Waals surface area (Å²) in [5.74, 6) is 1.24. The Labute approximate surface area is 137 Å². The summed E-state index contributed by atoms with van der Waals surface area (Å²) < 4.78 is 10.7. The van der Waals surface area contributed by atoms with E-state index in [1.54, 1.807) is 0 Å². The SMILES string of the molecule is CCc1noc(C)c1C(=O)N1C[C@H](CC)[C@@H](N2CCOCC2)C1. The van der Waals surface area contributed by atoms with Crippen LogP contribution in [-0.4, -0.2) is 66.3 Å². The fraction of sp³-hybridized carbons (Fsp3) is 0.765. The first-order chi connectivity index (χ1) is 11.2. The van der Waals surface area contributed by atoms with Gasteiger partial charge in [0.15, 0.2) is 0 Å². The molecule has 2 aliphatic heterocycles. The Morgan fingerprint density at radius 3 is 2.65 bits per heavy atom. The average molecular weight is 321 g/mol. The minimum atomic E-state index is 0.0785. The number of nitrogens with zero attached hydrogens (tertiary/aromatic N) is 3. The zero-order chi connectivity index (χ0) is 16.4. The molecule has 128 valence electrons. The number of hydrogen-bond donors (Lipinski definition) is 0. The Morgan fingerprint density at radius 2 is 2.00 bits per heavy atom. The van der Waals surface area contributed by atoms with E-state index < -0.39 is 0 Å². The van der Waals surface area contributed by atoms with E-state index in [0.29, 0.717) is 23.3 Å². The minimum absolute atomic E-state index is 0.0785. The van der Waals surface area contributed by atoms with Crippen LogP contribution in [-0.2, 0) is 11.2 Å². The molecule has 1 amide bonds. The molecule has 0 aromatic carbocycles. The predicted octanol–water partition coefficient (Wildman–Crippen LogP) is 1.73. The summed E-state index contributed by atoms with van der Waals surface area (Å²) in [6.07, 6.45) is 1.81. The van der Waals surface area contributed by atoms with E-state index in [2.05, 4.69) is 17.0 Å². The van der Waals surface area contributed by atoms with Gasteiger partial charge in [0.2, 0.25) is 0 Å². The van der Waals surface area contributed by atoms with Crippen molar-refractivity contribution in [1.29, 1.82) is 0 Å². The molecule has 0 radical (unpaired) electrons. The summed E-state index contributed by atoms with van der Waals surface area (Å²) in [5.41, 5.74) is 1.44. The van der Waals surface area contributed by atoms with Crippen molar-refractivity contribution in [3.8, 4) is 0 Å². The van der Waals surface area contributed by atoms with Crippen LogP contribution in [0, 0.1) is 12.8 Å². The molecule has 6 nitrogen and oxygen atoms in total. The van der Waals surface area contributed by atoms with Gasteiger partial charge in [0.05, 0.1) is 18.9 Å². The molecule has 1 aromatic rings. The Bertz CT molecular complexity index is 551. The van der Waals surface area contributed by atoms with Gasteiger partial charge in [-0.15, -0.1) is 0 Å². The van der Waals surface area contributed by atoms with Crippen LogP contribution in [0.4, 0.5) is 0 Å². The molecule has 2 saturated heterocycles. The van der Waals surface area contributed by atoms with Gasteiger partial charge < -0.3 is 14.2 Å². The van der Waals surface area contributed by atoms with Crippen molar-refractivity contribution in [2.45, 2.75) is 39.7 Å². The van der Waals surface area contributed by atoms with Crippen molar-refractivity contribution in [2.24, 2.45) is 5.92 Å². The van der Waals surface area contributed by atoms with Crippen molar-refractivity contribution in [1.82, 2.24) is 15.0 Å². The topological polar surface area (TPSA) is 58.8 Å². The van der Waals surface area contributed by atoms with E-state index in [1.807, 2.05) is 18.7 Å². The molecule has 0 spiro atoms. The normalized spacial score (nSPS) is 26.0. The lowest BCUT2D eigenvalue weighted by atomic mass is 9.99. The van der Waals surface area contributed by atoms with Crippen molar-refractivity contribution in [2.75, 3.05) is 39.4 Å².